The molecule has 0 saturated heterocycles. The number of rotatable bonds is 7. The SMILES string of the molecule is Cc1nc2c(s1)C(N(C)CC(O)COCc1ccco1)CCC2. The lowest BCUT2D eigenvalue weighted by molar-refractivity contribution is 0.00190. The monoisotopic (exact) mass is 336 g/mol. The van der Waals surface area contributed by atoms with Crippen LogP contribution < -0.4 is 0 Å². The van der Waals surface area contributed by atoms with Gasteiger partial charge in [0.2, 0.25) is 0 Å². The Balaban J connectivity index is 1.49. The molecule has 0 fully saturated rings. The number of hydrogen-bond donors (Lipinski definition) is 1. The van der Waals surface area contributed by atoms with Crippen molar-refractivity contribution < 1.29 is 14.3 Å². The van der Waals surface area contributed by atoms with Gasteiger partial charge in [-0.2, -0.15) is 0 Å². The molecule has 1 aliphatic rings. The number of likely N-dealkylation sites (N-methyl/N-ethyl adjacent to an activating group) is 1. The van der Waals surface area contributed by atoms with Crippen molar-refractivity contribution in [3.8, 4) is 0 Å². The van der Waals surface area contributed by atoms with Gasteiger partial charge in [-0.05, 0) is 45.4 Å². The molecule has 1 aliphatic carbocycles. The second-order valence-electron chi connectivity index (χ2n) is 6.14. The fourth-order valence-electron chi connectivity index (χ4n) is 3.14. The second kappa shape index (κ2) is 7.57. The maximum Gasteiger partial charge on any atom is 0.129 e. The van der Waals surface area contributed by atoms with Crippen LogP contribution in [0.3, 0.4) is 0 Å². The first-order chi connectivity index (χ1) is 11.1. The number of hydrogen-bond acceptors (Lipinski definition) is 6. The number of thiazole rings is 1. The predicted octanol–water partition coefficient (Wildman–Crippen LogP) is 2.93. The first kappa shape index (κ1) is 16.6. The van der Waals surface area contributed by atoms with E-state index in [9.17, 15) is 5.11 Å². The predicted molar refractivity (Wildman–Crippen MR) is 89.5 cm³/mol. The minimum Gasteiger partial charge on any atom is -0.467 e. The minimum absolute atomic E-state index is 0.312. The molecule has 126 valence electrons. The Bertz CT molecular complexity index is 611. The number of fused-ring (bicyclic) bond motifs is 1. The van der Waals surface area contributed by atoms with Crippen LogP contribution in [0.15, 0.2) is 22.8 Å². The molecule has 0 saturated carbocycles. The van der Waals surface area contributed by atoms with Gasteiger partial charge in [-0.25, -0.2) is 4.98 Å². The highest BCUT2D eigenvalue weighted by Gasteiger charge is 2.27. The van der Waals surface area contributed by atoms with E-state index < -0.39 is 6.10 Å². The number of aromatic nitrogens is 1. The lowest BCUT2D eigenvalue weighted by atomic mass is 9.97. The van der Waals surface area contributed by atoms with Crippen molar-refractivity contribution in [2.75, 3.05) is 20.2 Å². The van der Waals surface area contributed by atoms with E-state index in [0.717, 1.165) is 30.0 Å². The van der Waals surface area contributed by atoms with E-state index in [-0.39, 0.29) is 0 Å². The summed E-state index contributed by atoms with van der Waals surface area (Å²) in [5, 5.41) is 11.4. The van der Waals surface area contributed by atoms with Gasteiger partial charge >= 0.3 is 0 Å². The molecule has 2 aromatic rings. The smallest absolute Gasteiger partial charge is 0.129 e. The maximum absolute atomic E-state index is 10.2. The van der Waals surface area contributed by atoms with Gasteiger partial charge in [0.1, 0.15) is 12.4 Å². The molecular formula is C17H24N2O3S. The summed E-state index contributed by atoms with van der Waals surface area (Å²) in [7, 11) is 2.07. The van der Waals surface area contributed by atoms with E-state index in [1.807, 2.05) is 12.1 Å². The van der Waals surface area contributed by atoms with Crippen LogP contribution in [-0.2, 0) is 17.8 Å². The molecule has 23 heavy (non-hydrogen) atoms. The minimum atomic E-state index is -0.505. The van der Waals surface area contributed by atoms with Crippen molar-refractivity contribution in [1.29, 1.82) is 0 Å². The third-order valence-corrected chi connectivity index (χ3v) is 5.31. The van der Waals surface area contributed by atoms with Gasteiger partial charge < -0.3 is 14.3 Å². The standard InChI is InChI=1S/C17H24N2O3S/c1-12-18-15-6-3-7-16(17(15)23-12)19(2)9-13(20)10-21-11-14-5-4-8-22-14/h4-5,8,13,16,20H,3,6-7,9-11H2,1-2H3. The van der Waals surface area contributed by atoms with Crippen LogP contribution in [0.2, 0.25) is 0 Å². The van der Waals surface area contributed by atoms with Crippen molar-refractivity contribution in [3.63, 3.8) is 0 Å². The molecular weight excluding hydrogens is 312 g/mol. The van der Waals surface area contributed by atoms with Crippen molar-refractivity contribution in [2.24, 2.45) is 0 Å². The molecule has 0 spiro atoms. The highest BCUT2D eigenvalue weighted by Crippen LogP contribution is 2.37. The van der Waals surface area contributed by atoms with Gasteiger partial charge in [-0.3, -0.25) is 4.90 Å². The van der Waals surface area contributed by atoms with Gasteiger partial charge in [0.25, 0.3) is 0 Å². The Hall–Kier alpha value is -1.21. The molecule has 3 rings (SSSR count). The van der Waals surface area contributed by atoms with Crippen molar-refractivity contribution in [2.45, 2.75) is 44.9 Å². The van der Waals surface area contributed by atoms with Crippen LogP contribution >= 0.6 is 11.3 Å². The molecule has 0 radical (unpaired) electrons. The van der Waals surface area contributed by atoms with Crippen LogP contribution in [0.25, 0.3) is 0 Å². The lowest BCUT2D eigenvalue weighted by Crippen LogP contribution is -2.35. The first-order valence-corrected chi connectivity index (χ1v) is 8.89. The molecule has 0 bridgehead atoms. The van der Waals surface area contributed by atoms with E-state index in [2.05, 4.69) is 23.9 Å². The molecule has 0 amide bonds. The van der Waals surface area contributed by atoms with Gasteiger partial charge in [-0.15, -0.1) is 11.3 Å². The third kappa shape index (κ3) is 4.20. The molecule has 2 heterocycles. The average molecular weight is 336 g/mol. The molecule has 2 atom stereocenters. The van der Waals surface area contributed by atoms with Crippen LogP contribution in [0.4, 0.5) is 0 Å². The van der Waals surface area contributed by atoms with Crippen LogP contribution in [0, 0.1) is 6.92 Å². The third-order valence-electron chi connectivity index (χ3n) is 4.19. The maximum atomic E-state index is 10.2. The van der Waals surface area contributed by atoms with Gasteiger partial charge in [-0.1, -0.05) is 0 Å². The van der Waals surface area contributed by atoms with E-state index >= 15 is 0 Å². The van der Waals surface area contributed by atoms with Crippen LogP contribution in [0.1, 0.15) is 40.2 Å². The van der Waals surface area contributed by atoms with Gasteiger partial charge in [0.05, 0.1) is 29.7 Å². The molecule has 2 aromatic heterocycles. The van der Waals surface area contributed by atoms with E-state index in [0.29, 0.717) is 25.8 Å². The van der Waals surface area contributed by atoms with Crippen LogP contribution in [-0.4, -0.2) is 41.3 Å². The molecule has 6 heteroatoms. The van der Waals surface area contributed by atoms with E-state index in [4.69, 9.17) is 9.15 Å². The summed E-state index contributed by atoms with van der Waals surface area (Å²) in [5.74, 6) is 0.780. The van der Waals surface area contributed by atoms with Gasteiger partial charge in [0.15, 0.2) is 0 Å². The zero-order valence-electron chi connectivity index (χ0n) is 13.7. The Morgan fingerprint density at radius 1 is 1.57 bits per heavy atom. The highest BCUT2D eigenvalue weighted by molar-refractivity contribution is 7.11. The Morgan fingerprint density at radius 2 is 2.43 bits per heavy atom. The number of nitrogens with zero attached hydrogens (tertiary/aromatic N) is 2. The Kier molecular flexibility index (Phi) is 5.48. The van der Waals surface area contributed by atoms with Gasteiger partial charge in [0, 0.05) is 17.5 Å². The summed E-state index contributed by atoms with van der Waals surface area (Å²) in [4.78, 5) is 8.24. The van der Waals surface area contributed by atoms with Crippen molar-refractivity contribution in [1.82, 2.24) is 9.88 Å². The second-order valence-corrected chi connectivity index (χ2v) is 7.37. The molecule has 1 N–H and O–H groups in total. The molecule has 2 unspecified atom stereocenters. The highest BCUT2D eigenvalue weighted by atomic mass is 32.1. The summed E-state index contributed by atoms with van der Waals surface area (Å²) in [6, 6.07) is 4.07. The van der Waals surface area contributed by atoms with E-state index in [1.165, 1.54) is 10.6 Å². The molecule has 0 aromatic carbocycles. The number of furan rings is 1. The fraction of sp³-hybridized carbons (Fsp3) is 0.588. The number of aliphatic hydroxyl groups excluding tert-OH is 1. The zero-order valence-corrected chi connectivity index (χ0v) is 14.5. The quantitative estimate of drug-likeness (QED) is 0.842. The summed E-state index contributed by atoms with van der Waals surface area (Å²) >= 11 is 1.79. The summed E-state index contributed by atoms with van der Waals surface area (Å²) in [6.07, 6.45) is 4.50. The lowest BCUT2D eigenvalue weighted by Gasteiger charge is -2.31. The molecule has 5 nitrogen and oxygen atoms in total. The normalized spacial score (nSPS) is 19.0. The van der Waals surface area contributed by atoms with Crippen molar-refractivity contribution >= 4 is 11.3 Å². The summed E-state index contributed by atoms with van der Waals surface area (Å²) < 4.78 is 10.7. The first-order valence-electron chi connectivity index (χ1n) is 8.08. The summed E-state index contributed by atoms with van der Waals surface area (Å²) in [5.41, 5.74) is 1.25. The number of aliphatic hydroxyl groups is 1. The number of aryl methyl sites for hydroxylation is 2. The number of ether oxygens (including phenoxy) is 1. The fourth-order valence-corrected chi connectivity index (χ4v) is 4.32. The Morgan fingerprint density at radius 3 is 3.22 bits per heavy atom. The summed E-state index contributed by atoms with van der Waals surface area (Å²) in [6.45, 7) is 3.37. The zero-order chi connectivity index (χ0) is 16.2. The van der Waals surface area contributed by atoms with Crippen LogP contribution in [0.5, 0.6) is 0 Å². The van der Waals surface area contributed by atoms with Crippen molar-refractivity contribution in [3.05, 3.63) is 39.7 Å². The average Bonchev–Trinajstić information content (AvgIpc) is 3.14. The Labute approximate surface area is 140 Å². The largest absolute Gasteiger partial charge is 0.467 e. The topological polar surface area (TPSA) is 58.7 Å². The van der Waals surface area contributed by atoms with E-state index in [1.54, 1.807) is 17.6 Å². The molecule has 0 aliphatic heterocycles.